The van der Waals surface area contributed by atoms with Crippen molar-refractivity contribution in [1.82, 2.24) is 0 Å². The summed E-state index contributed by atoms with van der Waals surface area (Å²) in [5.41, 5.74) is 2.75. The Balaban J connectivity index is 1.46. The molecule has 20 heavy (non-hydrogen) atoms. The van der Waals surface area contributed by atoms with Crippen molar-refractivity contribution in [3.63, 3.8) is 0 Å². The molecule has 0 amide bonds. The fourth-order valence-corrected chi connectivity index (χ4v) is 35.0. The molecule has 0 nitrogen and oxygen atoms in total. The van der Waals surface area contributed by atoms with Crippen LogP contribution >= 0.6 is 55.8 Å². The molecule has 0 atom stereocenters. The van der Waals surface area contributed by atoms with Crippen molar-refractivity contribution in [2.75, 3.05) is 0 Å². The Morgan fingerprint density at radius 3 is 1.35 bits per heavy atom. The number of aryl methyl sites for hydroxylation is 2. The first-order chi connectivity index (χ1) is 9.69. The second-order valence-corrected chi connectivity index (χ2v) is 22.7. The standard InChI is InChI=1S/C14H14P2S4/c1-11-3-7-13(8-4-11)17-15-19-16(20-15)18-14-9-5-12(2)6-10-14/h3-10H,1-2H3. The van der Waals surface area contributed by atoms with Gasteiger partial charge in [-0.1, -0.05) is 80.2 Å². The Kier molecular flexibility index (Phi) is 5.70. The van der Waals surface area contributed by atoms with Crippen molar-refractivity contribution in [1.29, 1.82) is 0 Å². The number of benzene rings is 2. The minimum atomic E-state index is 0.0325. The summed E-state index contributed by atoms with van der Waals surface area (Å²) in [5.74, 6) is 0. The number of hydrogen-bond donors (Lipinski definition) is 0. The minimum absolute atomic E-state index is 0.0325. The van der Waals surface area contributed by atoms with E-state index in [1.165, 1.54) is 20.9 Å². The molecule has 1 fully saturated rings. The van der Waals surface area contributed by atoms with Gasteiger partial charge in [0.25, 0.3) is 0 Å². The molecule has 0 N–H and O–H groups in total. The van der Waals surface area contributed by atoms with E-state index in [0.717, 1.165) is 0 Å². The molecule has 6 heteroatoms. The molecule has 104 valence electrons. The Morgan fingerprint density at radius 1 is 0.650 bits per heavy atom. The molecule has 1 heterocycles. The smallest absolute Gasteiger partial charge is 0.0754 e. The SMILES string of the molecule is Cc1ccc(SP2SP(Sc3ccc(C)cc3)S2)cc1. The maximum atomic E-state index is 2.25. The maximum Gasteiger partial charge on any atom is 0.0897 e. The minimum Gasteiger partial charge on any atom is -0.0754 e. The van der Waals surface area contributed by atoms with Crippen molar-refractivity contribution in [2.45, 2.75) is 23.6 Å². The van der Waals surface area contributed by atoms with Gasteiger partial charge in [0.2, 0.25) is 0 Å². The monoisotopic (exact) mass is 372 g/mol. The van der Waals surface area contributed by atoms with Crippen molar-refractivity contribution in [3.8, 4) is 0 Å². The Labute approximate surface area is 138 Å². The summed E-state index contributed by atoms with van der Waals surface area (Å²) in [4.78, 5) is 2.83. The highest BCUT2D eigenvalue weighted by Gasteiger charge is 2.33. The predicted molar refractivity (Wildman–Crippen MR) is 103 cm³/mol. The highest BCUT2D eigenvalue weighted by molar-refractivity contribution is 9.54. The Bertz CT molecular complexity index is 513. The van der Waals surface area contributed by atoms with Gasteiger partial charge in [0, 0.05) is 9.79 Å². The van der Waals surface area contributed by atoms with Gasteiger partial charge in [-0.25, -0.2) is 0 Å². The third kappa shape index (κ3) is 4.35. The summed E-state index contributed by atoms with van der Waals surface area (Å²) in [5, 5.41) is 0. The zero-order valence-corrected chi connectivity index (χ0v) is 16.2. The summed E-state index contributed by atoms with van der Waals surface area (Å²) in [6.45, 7) is 4.29. The lowest BCUT2D eigenvalue weighted by Crippen LogP contribution is -1.74. The van der Waals surface area contributed by atoms with Gasteiger partial charge in [-0.2, -0.15) is 0 Å². The summed E-state index contributed by atoms with van der Waals surface area (Å²) < 4.78 is 0. The van der Waals surface area contributed by atoms with E-state index < -0.39 is 0 Å². The Hall–Kier alpha value is 0.700. The topological polar surface area (TPSA) is 0 Å². The van der Waals surface area contributed by atoms with E-state index in [-0.39, 0.29) is 11.1 Å². The molecule has 3 rings (SSSR count). The van der Waals surface area contributed by atoms with Crippen LogP contribution < -0.4 is 0 Å². The molecule has 0 bridgehead atoms. The molecule has 1 aliphatic rings. The van der Waals surface area contributed by atoms with E-state index in [1.54, 1.807) is 0 Å². The van der Waals surface area contributed by atoms with E-state index in [2.05, 4.69) is 84.4 Å². The third-order valence-electron chi connectivity index (χ3n) is 2.67. The molecular formula is C14H14P2S4. The molecule has 0 radical (unpaired) electrons. The van der Waals surface area contributed by atoms with Crippen LogP contribution in [0.2, 0.25) is 0 Å². The maximum absolute atomic E-state index is 2.25. The molecule has 0 aliphatic carbocycles. The van der Waals surface area contributed by atoms with Gasteiger partial charge in [0.15, 0.2) is 0 Å². The lowest BCUT2D eigenvalue weighted by Gasteiger charge is -2.31. The summed E-state index contributed by atoms with van der Waals surface area (Å²) in [6, 6.07) is 17.8. The molecule has 0 unspecified atom stereocenters. The molecule has 0 aromatic heterocycles. The van der Waals surface area contributed by atoms with Crippen molar-refractivity contribution < 1.29 is 0 Å². The second kappa shape index (κ2) is 7.31. The third-order valence-corrected chi connectivity index (χ3v) is 30.1. The van der Waals surface area contributed by atoms with Gasteiger partial charge in [-0.05, 0) is 38.1 Å². The van der Waals surface area contributed by atoms with E-state index in [0.29, 0.717) is 0 Å². The van der Waals surface area contributed by atoms with Crippen LogP contribution in [0, 0.1) is 13.8 Å². The fraction of sp³-hybridized carbons (Fsp3) is 0.143. The van der Waals surface area contributed by atoms with Crippen LogP contribution in [0.5, 0.6) is 0 Å². The second-order valence-electron chi connectivity index (χ2n) is 4.42. The molecule has 2 aromatic carbocycles. The largest absolute Gasteiger partial charge is 0.0897 e. The van der Waals surface area contributed by atoms with Crippen LogP contribution in [0.15, 0.2) is 58.3 Å². The first kappa shape index (κ1) is 15.6. The lowest BCUT2D eigenvalue weighted by molar-refractivity contribution is 1.38. The van der Waals surface area contributed by atoms with Crippen LogP contribution in [-0.2, 0) is 0 Å². The van der Waals surface area contributed by atoms with Gasteiger partial charge in [-0.3, -0.25) is 0 Å². The predicted octanol–water partition coefficient (Wildman–Crippen LogP) is 8.12. The molecule has 1 saturated heterocycles. The highest BCUT2D eigenvalue weighted by Crippen LogP contribution is 3.05. The highest BCUT2D eigenvalue weighted by atomic mass is 33.8. The van der Waals surface area contributed by atoms with Crippen LogP contribution in [0.25, 0.3) is 0 Å². The molecule has 0 spiro atoms. The van der Waals surface area contributed by atoms with Crippen LogP contribution in [0.4, 0.5) is 0 Å². The average molecular weight is 372 g/mol. The van der Waals surface area contributed by atoms with Crippen LogP contribution in [0.3, 0.4) is 0 Å². The quantitative estimate of drug-likeness (QED) is 0.497. The summed E-state index contributed by atoms with van der Waals surface area (Å²) >= 11 is 8.48. The molecule has 1 aliphatic heterocycles. The van der Waals surface area contributed by atoms with Crippen LogP contribution in [-0.4, -0.2) is 0 Å². The van der Waals surface area contributed by atoms with Crippen molar-refractivity contribution >= 4 is 55.8 Å². The van der Waals surface area contributed by atoms with Crippen molar-refractivity contribution in [2.24, 2.45) is 0 Å². The van der Waals surface area contributed by atoms with Gasteiger partial charge < -0.3 is 0 Å². The van der Waals surface area contributed by atoms with Gasteiger partial charge in [0.05, 0.1) is 11.1 Å². The Morgan fingerprint density at radius 2 is 1.00 bits per heavy atom. The summed E-state index contributed by atoms with van der Waals surface area (Å²) in [6.07, 6.45) is 0. The van der Waals surface area contributed by atoms with Gasteiger partial charge in [-0.15, -0.1) is 0 Å². The zero-order chi connectivity index (χ0) is 13.9. The first-order valence-corrected chi connectivity index (χ1v) is 15.7. The average Bonchev–Trinajstić information content (AvgIpc) is 2.41. The molecular weight excluding hydrogens is 358 g/mol. The molecule has 0 saturated carbocycles. The van der Waals surface area contributed by atoms with E-state index >= 15 is 0 Å². The first-order valence-electron chi connectivity index (χ1n) is 6.15. The normalized spacial score (nSPS) is 21.5. The zero-order valence-electron chi connectivity index (χ0n) is 11.1. The van der Waals surface area contributed by atoms with Gasteiger partial charge >= 0.3 is 0 Å². The van der Waals surface area contributed by atoms with E-state index in [4.69, 9.17) is 0 Å². The summed E-state index contributed by atoms with van der Waals surface area (Å²) in [7, 11) is 0. The number of rotatable bonds is 4. The lowest BCUT2D eigenvalue weighted by atomic mass is 10.2. The fourth-order valence-electron chi connectivity index (χ4n) is 1.55. The number of hydrogen-bond acceptors (Lipinski definition) is 4. The van der Waals surface area contributed by atoms with E-state index in [9.17, 15) is 0 Å². The van der Waals surface area contributed by atoms with Gasteiger partial charge in [0.1, 0.15) is 0 Å². The van der Waals surface area contributed by atoms with Crippen molar-refractivity contribution in [3.05, 3.63) is 59.7 Å². The molecule has 2 aromatic rings. The van der Waals surface area contributed by atoms with E-state index in [1.807, 2.05) is 22.8 Å². The van der Waals surface area contributed by atoms with Crippen LogP contribution in [0.1, 0.15) is 11.1 Å².